The highest BCUT2D eigenvalue weighted by Gasteiger charge is 2.22. The Bertz CT molecular complexity index is 1110. The maximum absolute atomic E-state index is 11.9. The van der Waals surface area contributed by atoms with Gasteiger partial charge >= 0.3 is 5.97 Å². The number of ether oxygens (including phenoxy) is 2. The molecule has 9 heteroatoms. The average Bonchev–Trinajstić information content (AvgIpc) is 2.80. The Morgan fingerprint density at radius 1 is 1.18 bits per heavy atom. The van der Waals surface area contributed by atoms with Gasteiger partial charge in [0.05, 0.1) is 24.3 Å². The fourth-order valence-electron chi connectivity index (χ4n) is 3.48. The van der Waals surface area contributed by atoms with E-state index in [1.807, 2.05) is 36.4 Å². The molecule has 2 aromatic carbocycles. The van der Waals surface area contributed by atoms with Crippen LogP contribution in [-0.4, -0.2) is 28.0 Å². The highest BCUT2D eigenvalue weighted by atomic mass is 35.5. The number of hydrogen-bond donors (Lipinski definition) is 3. The smallest absolute Gasteiger partial charge is 0.305 e. The van der Waals surface area contributed by atoms with Crippen LogP contribution in [0, 0.1) is 0 Å². The standard InChI is InChI=1S/C24H23N3O5.ClH/c25-19(13-23(28)29)24(30)27-17-7-11-22(26-14-17)31-18-8-10-21-16(12-18)6-9-20(32-21)15-4-2-1-3-5-15;/h1-5,7-8,10-12,14,19-20H,6,9,13,25H2,(H,27,30)(H,28,29);1H/t19-,20?;/m0./s1. The van der Waals surface area contributed by atoms with Gasteiger partial charge in [-0.3, -0.25) is 9.59 Å². The van der Waals surface area contributed by atoms with Gasteiger partial charge in [-0.25, -0.2) is 4.98 Å². The predicted molar refractivity (Wildman–Crippen MR) is 125 cm³/mol. The number of amides is 1. The molecule has 0 saturated carbocycles. The highest BCUT2D eigenvalue weighted by Crippen LogP contribution is 2.37. The zero-order chi connectivity index (χ0) is 22.5. The number of carboxylic acid groups (broad SMARTS) is 1. The van der Waals surface area contributed by atoms with Crippen LogP contribution in [-0.2, 0) is 16.0 Å². The summed E-state index contributed by atoms with van der Waals surface area (Å²) in [7, 11) is 0. The van der Waals surface area contributed by atoms with E-state index in [0.29, 0.717) is 17.3 Å². The van der Waals surface area contributed by atoms with Crippen LogP contribution in [0.5, 0.6) is 17.4 Å². The van der Waals surface area contributed by atoms with E-state index in [2.05, 4.69) is 22.4 Å². The quantitative estimate of drug-likeness (QED) is 0.475. The first kappa shape index (κ1) is 24.0. The van der Waals surface area contributed by atoms with Crippen molar-refractivity contribution in [3.63, 3.8) is 0 Å². The molecule has 1 amide bonds. The molecule has 0 bridgehead atoms. The van der Waals surface area contributed by atoms with Gasteiger partial charge in [0.25, 0.3) is 0 Å². The monoisotopic (exact) mass is 469 g/mol. The van der Waals surface area contributed by atoms with Crippen molar-refractivity contribution in [2.75, 3.05) is 5.32 Å². The van der Waals surface area contributed by atoms with Gasteiger partial charge in [-0.05, 0) is 48.2 Å². The SMILES string of the molecule is Cl.N[C@@H](CC(=O)O)C(=O)Nc1ccc(Oc2ccc3c(c2)CCC(c2ccccc2)O3)nc1. The van der Waals surface area contributed by atoms with E-state index < -0.39 is 24.3 Å². The van der Waals surface area contributed by atoms with Crippen LogP contribution < -0.4 is 20.5 Å². The van der Waals surface area contributed by atoms with Gasteiger partial charge in [0, 0.05) is 6.07 Å². The lowest BCUT2D eigenvalue weighted by molar-refractivity contribution is -0.138. The van der Waals surface area contributed by atoms with Gasteiger partial charge in [-0.2, -0.15) is 0 Å². The molecule has 1 unspecified atom stereocenters. The maximum atomic E-state index is 11.9. The van der Waals surface area contributed by atoms with Crippen LogP contribution in [0.25, 0.3) is 0 Å². The molecule has 2 heterocycles. The number of carboxylic acids is 1. The fraction of sp³-hybridized carbons (Fsp3) is 0.208. The minimum absolute atomic E-state index is 0. The number of hydrogen-bond acceptors (Lipinski definition) is 6. The number of anilines is 1. The number of halogens is 1. The fourth-order valence-corrected chi connectivity index (χ4v) is 3.48. The summed E-state index contributed by atoms with van der Waals surface area (Å²) in [5, 5.41) is 11.3. The van der Waals surface area contributed by atoms with Gasteiger partial charge in [0.2, 0.25) is 11.8 Å². The molecular weight excluding hydrogens is 446 g/mol. The highest BCUT2D eigenvalue weighted by molar-refractivity contribution is 5.96. The third kappa shape index (κ3) is 6.21. The Hall–Kier alpha value is -3.62. The normalized spacial score (nSPS) is 15.2. The number of pyridine rings is 1. The lowest BCUT2D eigenvalue weighted by Gasteiger charge is -2.26. The number of nitrogens with two attached hydrogens (primary N) is 1. The lowest BCUT2D eigenvalue weighted by Crippen LogP contribution is -2.37. The van der Waals surface area contributed by atoms with E-state index >= 15 is 0 Å². The number of nitrogens with zero attached hydrogens (tertiary/aromatic N) is 1. The van der Waals surface area contributed by atoms with Crippen molar-refractivity contribution in [2.24, 2.45) is 5.73 Å². The Morgan fingerprint density at radius 3 is 2.67 bits per heavy atom. The zero-order valence-corrected chi connectivity index (χ0v) is 18.5. The Kier molecular flexibility index (Phi) is 7.87. The van der Waals surface area contributed by atoms with E-state index in [1.165, 1.54) is 11.8 Å². The summed E-state index contributed by atoms with van der Waals surface area (Å²) < 4.78 is 12.0. The van der Waals surface area contributed by atoms with E-state index in [1.54, 1.807) is 12.1 Å². The number of carbonyl (C=O) groups excluding carboxylic acids is 1. The third-order valence-corrected chi connectivity index (χ3v) is 5.11. The van der Waals surface area contributed by atoms with E-state index in [4.69, 9.17) is 20.3 Å². The van der Waals surface area contributed by atoms with Crippen molar-refractivity contribution < 1.29 is 24.2 Å². The van der Waals surface area contributed by atoms with Crippen molar-refractivity contribution in [2.45, 2.75) is 31.4 Å². The minimum atomic E-state index is -1.14. The van der Waals surface area contributed by atoms with Crippen molar-refractivity contribution in [1.29, 1.82) is 0 Å². The number of fused-ring (bicyclic) bond motifs is 1. The Morgan fingerprint density at radius 2 is 1.97 bits per heavy atom. The van der Waals surface area contributed by atoms with Crippen molar-refractivity contribution in [3.05, 3.63) is 78.0 Å². The number of rotatable bonds is 7. The first-order valence-corrected chi connectivity index (χ1v) is 10.2. The predicted octanol–water partition coefficient (Wildman–Crippen LogP) is 4.10. The summed E-state index contributed by atoms with van der Waals surface area (Å²) in [6.45, 7) is 0. The van der Waals surface area contributed by atoms with Crippen molar-refractivity contribution in [1.82, 2.24) is 4.98 Å². The molecule has 0 fully saturated rings. The number of benzene rings is 2. The topological polar surface area (TPSA) is 124 Å². The van der Waals surface area contributed by atoms with E-state index in [0.717, 1.165) is 24.2 Å². The van der Waals surface area contributed by atoms with E-state index in [9.17, 15) is 9.59 Å². The lowest BCUT2D eigenvalue weighted by atomic mass is 9.97. The summed E-state index contributed by atoms with van der Waals surface area (Å²) in [5.41, 5.74) is 8.18. The number of aryl methyl sites for hydroxylation is 1. The number of aliphatic carboxylic acids is 1. The minimum Gasteiger partial charge on any atom is -0.485 e. The Labute approximate surface area is 197 Å². The summed E-state index contributed by atoms with van der Waals surface area (Å²) in [6.07, 6.45) is 2.78. The second-order valence-corrected chi connectivity index (χ2v) is 7.51. The van der Waals surface area contributed by atoms with Crippen LogP contribution in [0.15, 0.2) is 66.9 Å². The van der Waals surface area contributed by atoms with Crippen LogP contribution >= 0.6 is 12.4 Å². The Balaban J connectivity index is 0.00000306. The van der Waals surface area contributed by atoms with Crippen molar-refractivity contribution >= 4 is 30.0 Å². The molecular formula is C24H24ClN3O5. The van der Waals surface area contributed by atoms with Gasteiger partial charge in [-0.15, -0.1) is 12.4 Å². The van der Waals surface area contributed by atoms with Crippen LogP contribution in [0.2, 0.25) is 0 Å². The molecule has 3 aromatic rings. The first-order chi connectivity index (χ1) is 15.5. The second-order valence-electron chi connectivity index (χ2n) is 7.51. The summed E-state index contributed by atoms with van der Waals surface area (Å²) in [6, 6.07) is 17.9. The third-order valence-electron chi connectivity index (χ3n) is 5.11. The molecule has 0 aliphatic carbocycles. The second kappa shape index (κ2) is 10.8. The molecule has 0 spiro atoms. The van der Waals surface area contributed by atoms with Gasteiger partial charge in [-0.1, -0.05) is 30.3 Å². The van der Waals surface area contributed by atoms with Crippen LogP contribution in [0.1, 0.15) is 30.1 Å². The zero-order valence-electron chi connectivity index (χ0n) is 17.6. The average molecular weight is 470 g/mol. The summed E-state index contributed by atoms with van der Waals surface area (Å²) in [5.74, 6) is 0.114. The maximum Gasteiger partial charge on any atom is 0.305 e. The van der Waals surface area contributed by atoms with E-state index in [-0.39, 0.29) is 18.5 Å². The molecule has 1 aromatic heterocycles. The van der Waals surface area contributed by atoms with Gasteiger partial charge in [0.1, 0.15) is 17.6 Å². The van der Waals surface area contributed by atoms with Gasteiger partial charge in [0.15, 0.2) is 0 Å². The van der Waals surface area contributed by atoms with Gasteiger partial charge < -0.3 is 25.6 Å². The molecule has 2 atom stereocenters. The molecule has 4 rings (SSSR count). The molecule has 1 aliphatic heterocycles. The molecule has 172 valence electrons. The number of carbonyl (C=O) groups is 2. The molecule has 0 saturated heterocycles. The molecule has 8 nitrogen and oxygen atoms in total. The molecule has 1 aliphatic rings. The number of aromatic nitrogens is 1. The van der Waals surface area contributed by atoms with Crippen molar-refractivity contribution in [3.8, 4) is 17.4 Å². The number of nitrogens with one attached hydrogen (secondary N) is 1. The summed E-state index contributed by atoms with van der Waals surface area (Å²) >= 11 is 0. The first-order valence-electron chi connectivity index (χ1n) is 10.2. The largest absolute Gasteiger partial charge is 0.485 e. The van der Waals surface area contributed by atoms with Crippen LogP contribution in [0.3, 0.4) is 0 Å². The molecule has 0 radical (unpaired) electrons. The molecule has 4 N–H and O–H groups in total. The summed E-state index contributed by atoms with van der Waals surface area (Å²) in [4.78, 5) is 26.7. The van der Waals surface area contributed by atoms with Crippen LogP contribution in [0.4, 0.5) is 5.69 Å². The molecule has 33 heavy (non-hydrogen) atoms.